The van der Waals surface area contributed by atoms with E-state index in [0.29, 0.717) is 25.2 Å². The number of carbonyl (C=O) groups excluding carboxylic acids is 2. The molecule has 0 saturated carbocycles. The Labute approximate surface area is 106 Å². The Morgan fingerprint density at radius 3 is 2.72 bits per heavy atom. The lowest BCUT2D eigenvalue weighted by atomic mass is 10.1. The van der Waals surface area contributed by atoms with Crippen molar-refractivity contribution in [3.63, 3.8) is 0 Å². The zero-order valence-corrected chi connectivity index (χ0v) is 10.4. The quantitative estimate of drug-likeness (QED) is 0.737. The number of anilines is 1. The van der Waals surface area contributed by atoms with Crippen molar-refractivity contribution in [3.05, 3.63) is 29.8 Å². The molecule has 2 rings (SSSR count). The number of ketones is 1. The van der Waals surface area contributed by atoms with Gasteiger partial charge in [-0.1, -0.05) is 0 Å². The van der Waals surface area contributed by atoms with Crippen LogP contribution in [0.3, 0.4) is 0 Å². The minimum atomic E-state index is 0.0385. The first-order valence-electron chi connectivity index (χ1n) is 6.00. The molecule has 5 nitrogen and oxygen atoms in total. The summed E-state index contributed by atoms with van der Waals surface area (Å²) in [5.41, 5.74) is 1.67. The highest BCUT2D eigenvalue weighted by Gasteiger charge is 2.16. The van der Waals surface area contributed by atoms with Gasteiger partial charge in [0.2, 0.25) is 5.91 Å². The average Bonchev–Trinajstić information content (AvgIpc) is 2.39. The number of likely N-dealkylation sites (N-methyl/N-ethyl adjacent to an activating group) is 1. The zero-order chi connectivity index (χ0) is 13.0. The van der Waals surface area contributed by atoms with Gasteiger partial charge in [-0.15, -0.1) is 0 Å². The molecule has 1 fully saturated rings. The van der Waals surface area contributed by atoms with Gasteiger partial charge in [0.1, 0.15) is 0 Å². The molecule has 0 atom stereocenters. The minimum Gasteiger partial charge on any atom is -0.360 e. The van der Waals surface area contributed by atoms with E-state index in [4.69, 9.17) is 0 Å². The van der Waals surface area contributed by atoms with Gasteiger partial charge >= 0.3 is 0 Å². The van der Waals surface area contributed by atoms with Gasteiger partial charge in [0.05, 0.1) is 13.1 Å². The summed E-state index contributed by atoms with van der Waals surface area (Å²) in [5.74, 6) is 0.108. The molecule has 1 aromatic rings. The number of benzene rings is 1. The number of hydrogen-bond acceptors (Lipinski definition) is 4. The van der Waals surface area contributed by atoms with Crippen LogP contribution in [0.1, 0.15) is 10.4 Å². The number of rotatable bonds is 4. The van der Waals surface area contributed by atoms with Crippen LogP contribution < -0.4 is 15.5 Å². The third-order valence-electron chi connectivity index (χ3n) is 2.93. The normalized spacial score (nSPS) is 15.4. The molecule has 0 aliphatic carbocycles. The molecular weight excluding hydrogens is 230 g/mol. The van der Waals surface area contributed by atoms with Gasteiger partial charge in [-0.25, -0.2) is 0 Å². The highest BCUT2D eigenvalue weighted by Crippen LogP contribution is 2.16. The smallest absolute Gasteiger partial charge is 0.239 e. The lowest BCUT2D eigenvalue weighted by Crippen LogP contribution is -2.47. The number of hydrogen-bond donors (Lipinski definition) is 2. The van der Waals surface area contributed by atoms with Crippen LogP contribution in [0.2, 0.25) is 0 Å². The first-order valence-corrected chi connectivity index (χ1v) is 6.00. The van der Waals surface area contributed by atoms with E-state index in [1.165, 1.54) is 0 Å². The van der Waals surface area contributed by atoms with Crippen molar-refractivity contribution in [1.82, 2.24) is 10.6 Å². The van der Waals surface area contributed by atoms with Crippen LogP contribution in [0.5, 0.6) is 0 Å². The summed E-state index contributed by atoms with van der Waals surface area (Å²) in [6.45, 7) is 2.18. The Morgan fingerprint density at radius 2 is 2.11 bits per heavy atom. The van der Waals surface area contributed by atoms with Crippen LogP contribution in [0.25, 0.3) is 0 Å². The van der Waals surface area contributed by atoms with E-state index in [9.17, 15) is 9.59 Å². The van der Waals surface area contributed by atoms with Crippen molar-refractivity contribution in [2.75, 3.05) is 38.1 Å². The van der Waals surface area contributed by atoms with Gasteiger partial charge in [0.25, 0.3) is 0 Å². The number of Topliss-reactive ketones (excluding diaryl/α,β-unsaturated/α-hetero) is 1. The first kappa shape index (κ1) is 12.6. The van der Waals surface area contributed by atoms with Crippen LogP contribution in [-0.4, -0.2) is 44.9 Å². The summed E-state index contributed by atoms with van der Waals surface area (Å²) in [5, 5.41) is 5.62. The monoisotopic (exact) mass is 247 g/mol. The number of amides is 1. The lowest BCUT2D eigenvalue weighted by Gasteiger charge is -2.28. The van der Waals surface area contributed by atoms with Crippen molar-refractivity contribution in [3.8, 4) is 0 Å². The summed E-state index contributed by atoms with van der Waals surface area (Å²) in [6, 6.07) is 7.39. The molecule has 96 valence electrons. The van der Waals surface area contributed by atoms with Crippen LogP contribution in [0.4, 0.5) is 5.69 Å². The maximum Gasteiger partial charge on any atom is 0.239 e. The molecule has 0 spiro atoms. The van der Waals surface area contributed by atoms with Gasteiger partial charge in [-0.2, -0.15) is 0 Å². The van der Waals surface area contributed by atoms with Gasteiger partial charge < -0.3 is 15.5 Å². The number of piperazine rings is 1. The molecule has 1 amide bonds. The predicted octanol–water partition coefficient (Wildman–Crippen LogP) is 0.0249. The largest absolute Gasteiger partial charge is 0.360 e. The number of nitrogens with one attached hydrogen (secondary N) is 2. The summed E-state index contributed by atoms with van der Waals surface area (Å²) in [6.07, 6.45) is 0. The van der Waals surface area contributed by atoms with Crippen molar-refractivity contribution in [2.24, 2.45) is 0 Å². The van der Waals surface area contributed by atoms with Crippen molar-refractivity contribution >= 4 is 17.4 Å². The number of carbonyl (C=O) groups is 2. The summed E-state index contributed by atoms with van der Waals surface area (Å²) < 4.78 is 0. The van der Waals surface area contributed by atoms with Crippen LogP contribution in [0.15, 0.2) is 24.3 Å². The standard InChI is InChI=1S/C13H17N3O2/c1-14-8-12(17)10-2-4-11(5-3-10)16-7-6-15-13(18)9-16/h2-5,14H,6-9H2,1H3,(H,15,18). The highest BCUT2D eigenvalue weighted by molar-refractivity contribution is 5.98. The SMILES string of the molecule is CNCC(=O)c1ccc(N2CCNC(=O)C2)cc1. The van der Waals surface area contributed by atoms with E-state index in [1.54, 1.807) is 7.05 Å². The van der Waals surface area contributed by atoms with E-state index in [0.717, 1.165) is 12.2 Å². The molecule has 1 saturated heterocycles. The molecule has 0 unspecified atom stereocenters. The fourth-order valence-electron chi connectivity index (χ4n) is 1.98. The second-order valence-electron chi connectivity index (χ2n) is 4.27. The van der Waals surface area contributed by atoms with Gasteiger partial charge in [-0.05, 0) is 31.3 Å². The molecule has 5 heteroatoms. The molecule has 0 bridgehead atoms. The van der Waals surface area contributed by atoms with E-state index in [1.807, 2.05) is 29.2 Å². The third-order valence-corrected chi connectivity index (χ3v) is 2.93. The predicted molar refractivity (Wildman–Crippen MR) is 69.9 cm³/mol. The second kappa shape index (κ2) is 5.64. The summed E-state index contributed by atoms with van der Waals surface area (Å²) in [7, 11) is 1.75. The molecule has 1 heterocycles. The maximum absolute atomic E-state index is 11.6. The molecule has 1 aliphatic heterocycles. The fraction of sp³-hybridized carbons (Fsp3) is 0.385. The van der Waals surface area contributed by atoms with Gasteiger partial charge in [0, 0.05) is 24.3 Å². The maximum atomic E-state index is 11.6. The molecule has 0 radical (unpaired) electrons. The third kappa shape index (κ3) is 2.87. The Morgan fingerprint density at radius 1 is 1.39 bits per heavy atom. The Kier molecular flexibility index (Phi) is 3.94. The number of nitrogens with zero attached hydrogens (tertiary/aromatic N) is 1. The van der Waals surface area contributed by atoms with Crippen LogP contribution in [-0.2, 0) is 4.79 Å². The van der Waals surface area contributed by atoms with Crippen LogP contribution in [0, 0.1) is 0 Å². The topological polar surface area (TPSA) is 61.4 Å². The molecular formula is C13H17N3O2. The Hall–Kier alpha value is -1.88. The summed E-state index contributed by atoms with van der Waals surface area (Å²) >= 11 is 0. The minimum absolute atomic E-state index is 0.0385. The lowest BCUT2D eigenvalue weighted by molar-refractivity contribution is -0.120. The van der Waals surface area contributed by atoms with Gasteiger partial charge in [-0.3, -0.25) is 9.59 Å². The van der Waals surface area contributed by atoms with E-state index < -0.39 is 0 Å². The molecule has 1 aromatic carbocycles. The fourth-order valence-corrected chi connectivity index (χ4v) is 1.98. The molecule has 2 N–H and O–H groups in total. The summed E-state index contributed by atoms with van der Waals surface area (Å²) in [4.78, 5) is 24.9. The molecule has 18 heavy (non-hydrogen) atoms. The zero-order valence-electron chi connectivity index (χ0n) is 10.4. The van der Waals surface area contributed by atoms with E-state index in [2.05, 4.69) is 10.6 Å². The van der Waals surface area contributed by atoms with E-state index >= 15 is 0 Å². The highest BCUT2D eigenvalue weighted by atomic mass is 16.2. The first-order chi connectivity index (χ1) is 8.70. The van der Waals surface area contributed by atoms with Crippen molar-refractivity contribution < 1.29 is 9.59 Å². The van der Waals surface area contributed by atoms with E-state index in [-0.39, 0.29) is 11.7 Å². The second-order valence-corrected chi connectivity index (χ2v) is 4.27. The Balaban J connectivity index is 2.07. The molecule has 1 aliphatic rings. The van der Waals surface area contributed by atoms with Crippen molar-refractivity contribution in [2.45, 2.75) is 0 Å². The van der Waals surface area contributed by atoms with Crippen LogP contribution >= 0.6 is 0 Å². The van der Waals surface area contributed by atoms with Gasteiger partial charge in [0.15, 0.2) is 5.78 Å². The molecule has 0 aromatic heterocycles. The Bertz CT molecular complexity index is 442. The van der Waals surface area contributed by atoms with Crippen molar-refractivity contribution in [1.29, 1.82) is 0 Å². The average molecular weight is 247 g/mol.